The number of carbonyl (C=O) groups excluding carboxylic acids is 3. The van der Waals surface area contributed by atoms with Crippen LogP contribution in [0.15, 0.2) is 65.9 Å². The van der Waals surface area contributed by atoms with Crippen molar-refractivity contribution in [2.24, 2.45) is 0 Å². The zero-order valence-electron chi connectivity index (χ0n) is 22.1. The average molecular weight is 576 g/mol. The number of carbonyl (C=O) groups is 3. The lowest BCUT2D eigenvalue weighted by molar-refractivity contribution is -0.117. The molecule has 3 heterocycles. The van der Waals surface area contributed by atoms with Crippen LogP contribution in [0.5, 0.6) is 5.75 Å². The van der Waals surface area contributed by atoms with Gasteiger partial charge in [-0.05, 0) is 44.0 Å². The van der Waals surface area contributed by atoms with Crippen molar-refractivity contribution in [3.63, 3.8) is 0 Å². The molecule has 0 radical (unpaired) electrons. The molecular formula is C29H25N3O6S2. The number of aliphatic hydroxyl groups is 1. The topological polar surface area (TPSA) is 119 Å². The van der Waals surface area contributed by atoms with Crippen molar-refractivity contribution in [3.8, 4) is 5.75 Å². The summed E-state index contributed by atoms with van der Waals surface area (Å²) in [7, 11) is 1.26. The molecule has 204 valence electrons. The van der Waals surface area contributed by atoms with Gasteiger partial charge < -0.3 is 14.6 Å². The minimum atomic E-state index is -0.999. The normalized spacial score (nSPS) is 15.1. The van der Waals surface area contributed by atoms with Crippen LogP contribution in [0.3, 0.4) is 0 Å². The third-order valence-corrected chi connectivity index (χ3v) is 8.58. The van der Waals surface area contributed by atoms with Gasteiger partial charge in [0.25, 0.3) is 5.91 Å². The van der Waals surface area contributed by atoms with E-state index in [1.807, 2.05) is 30.3 Å². The molecule has 0 saturated heterocycles. The quantitative estimate of drug-likeness (QED) is 0.211. The number of amides is 1. The number of benzene rings is 2. The van der Waals surface area contributed by atoms with Gasteiger partial charge in [0.1, 0.15) is 17.2 Å². The fourth-order valence-electron chi connectivity index (χ4n) is 4.47. The Hall–Kier alpha value is -4.35. The van der Waals surface area contributed by atoms with E-state index in [2.05, 4.69) is 9.97 Å². The summed E-state index contributed by atoms with van der Waals surface area (Å²) in [5.41, 5.74) is 2.37. The summed E-state index contributed by atoms with van der Waals surface area (Å²) < 4.78 is 10.8. The van der Waals surface area contributed by atoms with Crippen molar-refractivity contribution >= 4 is 45.5 Å². The van der Waals surface area contributed by atoms with Crippen LogP contribution in [0.25, 0.3) is 0 Å². The zero-order valence-corrected chi connectivity index (χ0v) is 23.8. The van der Waals surface area contributed by atoms with E-state index in [0.29, 0.717) is 39.2 Å². The first-order valence-electron chi connectivity index (χ1n) is 12.3. The molecule has 5 rings (SSSR count). The second-order valence-electron chi connectivity index (χ2n) is 9.06. The van der Waals surface area contributed by atoms with E-state index in [0.717, 1.165) is 16.9 Å². The van der Waals surface area contributed by atoms with Gasteiger partial charge in [-0.2, -0.15) is 0 Å². The molecule has 0 bridgehead atoms. The Bertz CT molecular complexity index is 1640. The van der Waals surface area contributed by atoms with Crippen LogP contribution in [-0.2, 0) is 16.1 Å². The number of aromatic nitrogens is 2. The van der Waals surface area contributed by atoms with Gasteiger partial charge in [0, 0.05) is 0 Å². The van der Waals surface area contributed by atoms with Gasteiger partial charge in [0.05, 0.1) is 40.0 Å². The Balaban J connectivity index is 1.55. The van der Waals surface area contributed by atoms with Crippen molar-refractivity contribution in [3.05, 3.63) is 103 Å². The van der Waals surface area contributed by atoms with Gasteiger partial charge in [0.15, 0.2) is 10.9 Å². The molecule has 1 N–H and O–H groups in total. The smallest absolute Gasteiger partial charge is 0.350 e. The number of nitrogens with zero attached hydrogens (tertiary/aromatic N) is 3. The highest BCUT2D eigenvalue weighted by Gasteiger charge is 2.46. The molecule has 9 nitrogen and oxygen atoms in total. The molecule has 2 aromatic heterocycles. The van der Waals surface area contributed by atoms with Gasteiger partial charge in [-0.1, -0.05) is 53.8 Å². The molecule has 2 aromatic carbocycles. The zero-order chi connectivity index (χ0) is 28.6. The van der Waals surface area contributed by atoms with Gasteiger partial charge in [-0.15, -0.1) is 11.3 Å². The third-order valence-electron chi connectivity index (χ3n) is 6.37. The van der Waals surface area contributed by atoms with Crippen LogP contribution in [-0.4, -0.2) is 39.8 Å². The standard InChI is InChI=1S/C29H25N3O6S2/c1-15-25(39-17(3)30-15)23(33)21-22(19-10-12-20(13-11-19)38-14-18-8-6-5-7-9-18)32(27(35)24(21)34)29-31-16(2)26(40-29)28(36)37-4/h5-13,22,34H,14H2,1-4H3. The number of methoxy groups -OCH3 is 1. The maximum absolute atomic E-state index is 13.8. The highest BCUT2D eigenvalue weighted by Crippen LogP contribution is 2.44. The number of ether oxygens (including phenoxy) is 2. The largest absolute Gasteiger partial charge is 0.503 e. The van der Waals surface area contributed by atoms with Crippen molar-refractivity contribution in [1.82, 2.24) is 9.97 Å². The predicted molar refractivity (Wildman–Crippen MR) is 151 cm³/mol. The van der Waals surface area contributed by atoms with Crippen molar-refractivity contribution < 1.29 is 29.0 Å². The summed E-state index contributed by atoms with van der Waals surface area (Å²) in [6.07, 6.45) is 0. The number of Topliss-reactive ketones (excluding diaryl/α,β-unsaturated/α-hetero) is 1. The number of rotatable bonds is 8. The second-order valence-corrected chi connectivity index (χ2v) is 11.2. The fourth-order valence-corrected chi connectivity index (χ4v) is 6.35. The van der Waals surface area contributed by atoms with Gasteiger partial charge in [-0.25, -0.2) is 14.8 Å². The van der Waals surface area contributed by atoms with Gasteiger partial charge in [0.2, 0.25) is 5.78 Å². The van der Waals surface area contributed by atoms with Crippen LogP contribution < -0.4 is 9.64 Å². The van der Waals surface area contributed by atoms with Crippen LogP contribution >= 0.6 is 22.7 Å². The number of anilines is 1. The van der Waals surface area contributed by atoms with E-state index in [4.69, 9.17) is 9.47 Å². The molecule has 0 fully saturated rings. The van der Waals surface area contributed by atoms with Crippen molar-refractivity contribution in [2.75, 3.05) is 12.0 Å². The average Bonchev–Trinajstić information content (AvgIpc) is 3.59. The molecule has 4 aromatic rings. The monoisotopic (exact) mass is 575 g/mol. The minimum Gasteiger partial charge on any atom is -0.503 e. The molecule has 1 aliphatic heterocycles. The number of esters is 1. The molecular weight excluding hydrogens is 550 g/mol. The van der Waals surface area contributed by atoms with Gasteiger partial charge in [-0.3, -0.25) is 14.5 Å². The molecule has 1 unspecified atom stereocenters. The van der Waals surface area contributed by atoms with Crippen molar-refractivity contribution in [2.45, 2.75) is 33.4 Å². The lowest BCUT2D eigenvalue weighted by atomic mass is 9.95. The number of hydrogen-bond acceptors (Lipinski definition) is 10. The summed E-state index contributed by atoms with van der Waals surface area (Å²) in [5.74, 6) is -1.95. The lowest BCUT2D eigenvalue weighted by Gasteiger charge is -2.24. The summed E-state index contributed by atoms with van der Waals surface area (Å²) >= 11 is 2.15. The van der Waals surface area contributed by atoms with E-state index in [9.17, 15) is 19.5 Å². The molecule has 0 spiro atoms. The predicted octanol–water partition coefficient (Wildman–Crippen LogP) is 5.67. The van der Waals surface area contributed by atoms with Crippen LogP contribution in [0.1, 0.15) is 52.9 Å². The van der Waals surface area contributed by atoms with Crippen LogP contribution in [0, 0.1) is 20.8 Å². The highest BCUT2D eigenvalue weighted by molar-refractivity contribution is 7.17. The van der Waals surface area contributed by atoms with E-state index in [1.54, 1.807) is 45.0 Å². The second kappa shape index (κ2) is 11.0. The number of ketones is 1. The molecule has 11 heteroatoms. The summed E-state index contributed by atoms with van der Waals surface area (Å²) in [4.78, 5) is 50.2. The van der Waals surface area contributed by atoms with E-state index >= 15 is 0 Å². The minimum absolute atomic E-state index is 0.0813. The number of aliphatic hydroxyl groups excluding tert-OH is 1. The number of hydrogen-bond donors (Lipinski definition) is 1. The number of aryl methyl sites for hydroxylation is 3. The molecule has 0 aliphatic carbocycles. The summed E-state index contributed by atoms with van der Waals surface area (Å²) in [5, 5.41) is 11.9. The van der Waals surface area contributed by atoms with Crippen LogP contribution in [0.4, 0.5) is 5.13 Å². The Morgan fingerprint density at radius 1 is 0.950 bits per heavy atom. The Kier molecular flexibility index (Phi) is 7.51. The molecule has 0 saturated carbocycles. The van der Waals surface area contributed by atoms with E-state index in [1.165, 1.54) is 23.3 Å². The fraction of sp³-hybridized carbons (Fsp3) is 0.207. The molecule has 1 atom stereocenters. The summed E-state index contributed by atoms with van der Waals surface area (Å²) in [6.45, 7) is 5.50. The first kappa shape index (κ1) is 27.2. The van der Waals surface area contributed by atoms with Gasteiger partial charge >= 0.3 is 5.97 Å². The van der Waals surface area contributed by atoms with E-state index < -0.39 is 29.5 Å². The molecule has 1 amide bonds. The molecule has 1 aliphatic rings. The first-order valence-corrected chi connectivity index (χ1v) is 13.9. The van der Waals surface area contributed by atoms with E-state index in [-0.39, 0.29) is 15.6 Å². The number of thiazole rings is 2. The van der Waals surface area contributed by atoms with Crippen LogP contribution in [0.2, 0.25) is 0 Å². The first-order chi connectivity index (χ1) is 19.2. The highest BCUT2D eigenvalue weighted by atomic mass is 32.1. The Morgan fingerprint density at radius 3 is 2.25 bits per heavy atom. The lowest BCUT2D eigenvalue weighted by Crippen LogP contribution is -2.31. The molecule has 40 heavy (non-hydrogen) atoms. The SMILES string of the molecule is COC(=O)c1sc(N2C(=O)C(O)=C(C(=O)c3sc(C)nc3C)C2c2ccc(OCc3ccccc3)cc2)nc1C. The Labute approximate surface area is 238 Å². The Morgan fingerprint density at radius 2 is 1.62 bits per heavy atom. The summed E-state index contributed by atoms with van der Waals surface area (Å²) in [6, 6.07) is 15.7. The maximum atomic E-state index is 13.8. The maximum Gasteiger partial charge on any atom is 0.350 e. The third kappa shape index (κ3) is 5.01. The van der Waals surface area contributed by atoms with Crippen molar-refractivity contribution in [1.29, 1.82) is 0 Å².